The highest BCUT2D eigenvalue weighted by Gasteiger charge is 2.34. The Morgan fingerprint density at radius 2 is 1.68 bits per heavy atom. The monoisotopic (exact) mass is 268 g/mol. The summed E-state index contributed by atoms with van der Waals surface area (Å²) in [7, 11) is 1.53. The molecule has 0 atom stereocenters. The van der Waals surface area contributed by atoms with Gasteiger partial charge in [0.2, 0.25) is 0 Å². The zero-order chi connectivity index (χ0) is 14.4. The molecule has 0 saturated heterocycles. The zero-order valence-corrected chi connectivity index (χ0v) is 11.3. The van der Waals surface area contributed by atoms with Crippen LogP contribution in [0.15, 0.2) is 18.2 Å². The second-order valence-corrected chi connectivity index (χ2v) is 4.72. The molecule has 1 aromatic heterocycles. The number of halogens is 3. The lowest BCUT2D eigenvalue weighted by atomic mass is 9.97. The van der Waals surface area contributed by atoms with Gasteiger partial charge in [0.15, 0.2) is 5.69 Å². The number of hydrogen-bond donors (Lipinski definition) is 0. The molecule has 5 heteroatoms. The molecule has 2 aromatic rings. The molecule has 0 N–H and O–H groups in total. The fourth-order valence-electron chi connectivity index (χ4n) is 2.09. The van der Waals surface area contributed by atoms with Crippen LogP contribution in [0.1, 0.15) is 22.4 Å². The van der Waals surface area contributed by atoms with E-state index in [1.54, 1.807) is 0 Å². The number of aryl methyl sites for hydroxylation is 2. The minimum absolute atomic E-state index is 0.480. The van der Waals surface area contributed by atoms with Crippen molar-refractivity contribution in [1.82, 2.24) is 9.78 Å². The third-order valence-electron chi connectivity index (χ3n) is 3.50. The molecule has 0 bridgehead atoms. The molecular formula is C14H15F3N2. The number of rotatable bonds is 1. The van der Waals surface area contributed by atoms with Crippen LogP contribution < -0.4 is 0 Å². The van der Waals surface area contributed by atoms with Crippen LogP contribution in [0.3, 0.4) is 0 Å². The normalized spacial score (nSPS) is 11.9. The predicted molar refractivity (Wildman–Crippen MR) is 67.9 cm³/mol. The molecule has 0 aliphatic rings. The third kappa shape index (κ3) is 2.37. The Morgan fingerprint density at radius 3 is 2.21 bits per heavy atom. The van der Waals surface area contributed by atoms with Gasteiger partial charge in [-0.15, -0.1) is 0 Å². The number of nitrogens with zero attached hydrogens (tertiary/aromatic N) is 2. The minimum atomic E-state index is -4.41. The van der Waals surface area contributed by atoms with E-state index in [4.69, 9.17) is 0 Å². The summed E-state index contributed by atoms with van der Waals surface area (Å²) in [5, 5.41) is 3.54. The molecule has 0 saturated carbocycles. The second kappa shape index (κ2) is 4.40. The molecule has 0 amide bonds. The maximum Gasteiger partial charge on any atom is 0.435 e. The van der Waals surface area contributed by atoms with E-state index in [1.165, 1.54) is 11.7 Å². The molecule has 2 rings (SSSR count). The smallest absolute Gasteiger partial charge is 0.267 e. The highest BCUT2D eigenvalue weighted by Crippen LogP contribution is 2.33. The summed E-state index contributed by atoms with van der Waals surface area (Å²) in [4.78, 5) is 0. The van der Waals surface area contributed by atoms with Crippen LogP contribution in [0, 0.1) is 20.8 Å². The van der Waals surface area contributed by atoms with E-state index >= 15 is 0 Å². The molecule has 1 heterocycles. The van der Waals surface area contributed by atoms with E-state index in [0.29, 0.717) is 5.69 Å². The van der Waals surface area contributed by atoms with Gasteiger partial charge in [-0.25, -0.2) is 0 Å². The Labute approximate surface area is 109 Å². The van der Waals surface area contributed by atoms with E-state index in [1.807, 2.05) is 32.9 Å². The van der Waals surface area contributed by atoms with Crippen LogP contribution >= 0.6 is 0 Å². The second-order valence-electron chi connectivity index (χ2n) is 4.72. The molecule has 0 fully saturated rings. The first-order chi connectivity index (χ1) is 8.71. The molecular weight excluding hydrogens is 253 g/mol. The summed E-state index contributed by atoms with van der Waals surface area (Å²) >= 11 is 0. The molecule has 19 heavy (non-hydrogen) atoms. The number of hydrogen-bond acceptors (Lipinski definition) is 1. The first kappa shape index (κ1) is 13.6. The SMILES string of the molecule is Cc1ccc(-c2cc(C(F)(F)F)nn2C)c(C)c1C. The van der Waals surface area contributed by atoms with Gasteiger partial charge in [-0.3, -0.25) is 4.68 Å². The van der Waals surface area contributed by atoms with Gasteiger partial charge in [0.05, 0.1) is 5.69 Å². The lowest BCUT2D eigenvalue weighted by molar-refractivity contribution is -0.141. The van der Waals surface area contributed by atoms with Gasteiger partial charge in [0, 0.05) is 12.6 Å². The van der Waals surface area contributed by atoms with Crippen LogP contribution in [0.5, 0.6) is 0 Å². The van der Waals surface area contributed by atoms with Crippen LogP contribution in [-0.4, -0.2) is 9.78 Å². The molecule has 102 valence electrons. The Kier molecular flexibility index (Phi) is 3.16. The van der Waals surface area contributed by atoms with Crippen molar-refractivity contribution in [2.45, 2.75) is 26.9 Å². The van der Waals surface area contributed by atoms with Gasteiger partial charge in [-0.05, 0) is 43.5 Å². The molecule has 2 nitrogen and oxygen atoms in total. The lowest BCUT2D eigenvalue weighted by Crippen LogP contribution is -2.06. The van der Waals surface area contributed by atoms with Crippen molar-refractivity contribution in [3.05, 3.63) is 40.6 Å². The standard InChI is InChI=1S/C14H15F3N2/c1-8-5-6-11(10(3)9(8)2)12-7-13(14(15,16)17)18-19(12)4/h5-7H,1-4H3. The van der Waals surface area contributed by atoms with E-state index in [9.17, 15) is 13.2 Å². The van der Waals surface area contributed by atoms with Crippen molar-refractivity contribution >= 4 is 0 Å². The first-order valence-electron chi connectivity index (χ1n) is 5.90. The fraction of sp³-hybridized carbons (Fsp3) is 0.357. The fourth-order valence-corrected chi connectivity index (χ4v) is 2.09. The summed E-state index contributed by atoms with van der Waals surface area (Å²) in [5.74, 6) is 0. The van der Waals surface area contributed by atoms with Crippen molar-refractivity contribution < 1.29 is 13.2 Å². The van der Waals surface area contributed by atoms with Crippen molar-refractivity contribution in [3.63, 3.8) is 0 Å². The van der Waals surface area contributed by atoms with Gasteiger partial charge in [-0.1, -0.05) is 12.1 Å². The van der Waals surface area contributed by atoms with Crippen LogP contribution in [0.2, 0.25) is 0 Å². The summed E-state index contributed by atoms with van der Waals surface area (Å²) in [5.41, 5.74) is 3.60. The molecule has 0 unspecified atom stereocenters. The topological polar surface area (TPSA) is 17.8 Å². The highest BCUT2D eigenvalue weighted by molar-refractivity contribution is 5.66. The van der Waals surface area contributed by atoms with Crippen molar-refractivity contribution in [1.29, 1.82) is 0 Å². The van der Waals surface area contributed by atoms with Gasteiger partial charge >= 0.3 is 6.18 Å². The predicted octanol–water partition coefficient (Wildman–Crippen LogP) is 4.03. The Bertz CT molecular complexity index is 624. The first-order valence-corrected chi connectivity index (χ1v) is 5.90. The number of alkyl halides is 3. The minimum Gasteiger partial charge on any atom is -0.267 e. The van der Waals surface area contributed by atoms with Gasteiger partial charge < -0.3 is 0 Å². The summed E-state index contributed by atoms with van der Waals surface area (Å²) in [6, 6.07) is 4.85. The molecule has 1 aromatic carbocycles. The van der Waals surface area contributed by atoms with Crippen LogP contribution in [0.4, 0.5) is 13.2 Å². The maximum absolute atomic E-state index is 12.7. The van der Waals surface area contributed by atoms with Crippen LogP contribution in [0.25, 0.3) is 11.3 Å². The average Bonchev–Trinajstić information content (AvgIpc) is 2.68. The van der Waals surface area contributed by atoms with Gasteiger partial charge in [-0.2, -0.15) is 18.3 Å². The number of benzene rings is 1. The van der Waals surface area contributed by atoms with E-state index < -0.39 is 11.9 Å². The van der Waals surface area contributed by atoms with Crippen molar-refractivity contribution in [3.8, 4) is 11.3 Å². The van der Waals surface area contributed by atoms with Gasteiger partial charge in [0.25, 0.3) is 0 Å². The lowest BCUT2D eigenvalue weighted by Gasteiger charge is -2.11. The third-order valence-corrected chi connectivity index (χ3v) is 3.50. The molecule has 0 aliphatic carbocycles. The summed E-state index contributed by atoms with van der Waals surface area (Å²) in [6.45, 7) is 5.86. The van der Waals surface area contributed by atoms with Crippen molar-refractivity contribution in [2.24, 2.45) is 7.05 Å². The van der Waals surface area contributed by atoms with E-state index in [2.05, 4.69) is 5.10 Å². The zero-order valence-electron chi connectivity index (χ0n) is 11.3. The average molecular weight is 268 g/mol. The van der Waals surface area contributed by atoms with Gasteiger partial charge in [0.1, 0.15) is 0 Å². The van der Waals surface area contributed by atoms with Crippen LogP contribution in [-0.2, 0) is 13.2 Å². The Hall–Kier alpha value is -1.78. The number of aromatic nitrogens is 2. The Morgan fingerprint density at radius 1 is 1.05 bits per heavy atom. The highest BCUT2D eigenvalue weighted by atomic mass is 19.4. The summed E-state index contributed by atoms with van der Waals surface area (Å²) < 4.78 is 39.3. The largest absolute Gasteiger partial charge is 0.435 e. The molecule has 0 radical (unpaired) electrons. The quantitative estimate of drug-likeness (QED) is 0.763. The maximum atomic E-state index is 12.7. The molecule has 0 spiro atoms. The van der Waals surface area contributed by atoms with Crippen molar-refractivity contribution in [2.75, 3.05) is 0 Å². The Balaban J connectivity index is 2.60. The van der Waals surface area contributed by atoms with E-state index in [-0.39, 0.29) is 0 Å². The molecule has 0 aliphatic heterocycles. The summed E-state index contributed by atoms with van der Waals surface area (Å²) in [6.07, 6.45) is -4.41. The van der Waals surface area contributed by atoms with E-state index in [0.717, 1.165) is 28.3 Å².